The predicted molar refractivity (Wildman–Crippen MR) is 133 cm³/mol. The van der Waals surface area contributed by atoms with E-state index in [1.807, 2.05) is 18.2 Å². The van der Waals surface area contributed by atoms with Crippen molar-refractivity contribution < 1.29 is 4.74 Å². The summed E-state index contributed by atoms with van der Waals surface area (Å²) in [6.07, 6.45) is 18.7. The number of aromatic nitrogens is 1. The van der Waals surface area contributed by atoms with Gasteiger partial charge >= 0.3 is 0 Å². The summed E-state index contributed by atoms with van der Waals surface area (Å²) >= 11 is 6.55. The predicted octanol–water partition coefficient (Wildman–Crippen LogP) is 8.49. The maximum absolute atomic E-state index is 6.55. The molecule has 1 heterocycles. The van der Waals surface area contributed by atoms with Gasteiger partial charge in [0.05, 0.1) is 0 Å². The molecule has 9 atom stereocenters. The third kappa shape index (κ3) is 4.01. The number of pyridine rings is 1. The maximum atomic E-state index is 6.55. The van der Waals surface area contributed by atoms with E-state index in [0.29, 0.717) is 16.7 Å². The fraction of sp³-hybridized carbons (Fsp3) is 0.828. The second-order valence-electron chi connectivity index (χ2n) is 12.4. The van der Waals surface area contributed by atoms with Crippen LogP contribution in [0.1, 0.15) is 97.8 Å². The second kappa shape index (κ2) is 9.12. The Labute approximate surface area is 201 Å². The highest BCUT2D eigenvalue weighted by Crippen LogP contribution is 2.68. The Kier molecular flexibility index (Phi) is 6.56. The van der Waals surface area contributed by atoms with Crippen molar-refractivity contribution in [3.05, 3.63) is 24.4 Å². The van der Waals surface area contributed by atoms with Crippen molar-refractivity contribution >= 4 is 11.6 Å². The largest absolute Gasteiger partial charge is 0.458 e. The van der Waals surface area contributed by atoms with Gasteiger partial charge in [0.25, 0.3) is 0 Å². The fourth-order valence-electron chi connectivity index (χ4n) is 9.47. The first-order valence-electron chi connectivity index (χ1n) is 13.6. The number of hydrogen-bond acceptors (Lipinski definition) is 2. The number of ether oxygens (including phenoxy) is 1. The van der Waals surface area contributed by atoms with Gasteiger partial charge in [0.1, 0.15) is 0 Å². The number of fused-ring (bicyclic) bond motifs is 5. The lowest BCUT2D eigenvalue weighted by atomic mass is 9.44. The Bertz CT molecular complexity index is 770. The number of nitrogens with zero attached hydrogens (tertiary/aromatic N) is 1. The van der Waals surface area contributed by atoms with Gasteiger partial charge in [0.2, 0.25) is 5.88 Å². The molecular weight excluding hydrogens is 414 g/mol. The molecule has 2 nitrogen and oxygen atoms in total. The maximum Gasteiger partial charge on any atom is 0.214 e. The molecule has 4 saturated carbocycles. The number of halogens is 1. The molecule has 0 saturated heterocycles. The number of alkyl halides is 1. The molecule has 0 bridgehead atoms. The Morgan fingerprint density at radius 3 is 2.62 bits per heavy atom. The minimum absolute atomic E-state index is 0.283. The van der Waals surface area contributed by atoms with Gasteiger partial charge in [-0.2, -0.15) is 0 Å². The van der Waals surface area contributed by atoms with Gasteiger partial charge in [-0.1, -0.05) is 51.3 Å². The quantitative estimate of drug-likeness (QED) is 0.399. The van der Waals surface area contributed by atoms with Crippen molar-refractivity contribution in [1.82, 2.24) is 4.98 Å². The third-order valence-electron chi connectivity index (χ3n) is 11.1. The zero-order valence-electron chi connectivity index (χ0n) is 20.6. The van der Waals surface area contributed by atoms with Crippen LogP contribution in [0.15, 0.2) is 24.4 Å². The monoisotopic (exact) mass is 457 g/mol. The highest BCUT2D eigenvalue weighted by atomic mass is 35.5. The molecule has 0 N–H and O–H groups in total. The van der Waals surface area contributed by atoms with Crippen LogP contribution in [0.25, 0.3) is 0 Å². The summed E-state index contributed by atoms with van der Waals surface area (Å²) in [6, 6.07) is 5.75. The first-order chi connectivity index (χ1) is 15.4. The van der Waals surface area contributed by atoms with Crippen LogP contribution >= 0.6 is 11.6 Å². The molecule has 4 aliphatic carbocycles. The van der Waals surface area contributed by atoms with Gasteiger partial charge in [-0.05, 0) is 117 Å². The molecule has 2 unspecified atom stereocenters. The van der Waals surface area contributed by atoms with Crippen molar-refractivity contribution in [3.63, 3.8) is 0 Å². The standard InChI is InChI=1S/C29H44ClNO/c1-20(10-15-26(30)32-27-9-5-7-19-31-27)23-13-14-24-22-12-11-21-8-4-6-17-28(21,2)25(22)16-18-29(23,24)3/h5,7,9,19-26H,4,6,8,10-18H2,1-3H3/t20-,21?,22+,23-,24+,25+,26?,28+,29-/m1/s1. The van der Waals surface area contributed by atoms with E-state index in [1.165, 1.54) is 64.2 Å². The smallest absolute Gasteiger partial charge is 0.214 e. The zero-order chi connectivity index (χ0) is 22.3. The van der Waals surface area contributed by atoms with Crippen molar-refractivity contribution in [3.8, 4) is 5.88 Å². The first kappa shape index (κ1) is 23.0. The summed E-state index contributed by atoms with van der Waals surface area (Å²) < 4.78 is 5.85. The van der Waals surface area contributed by atoms with Crippen molar-refractivity contribution in [2.24, 2.45) is 46.3 Å². The summed E-state index contributed by atoms with van der Waals surface area (Å²) in [4.78, 5) is 4.25. The number of rotatable bonds is 6. The van der Waals surface area contributed by atoms with Crippen LogP contribution in [0.3, 0.4) is 0 Å². The van der Waals surface area contributed by atoms with Gasteiger partial charge in [-0.25, -0.2) is 4.98 Å². The highest BCUT2D eigenvalue weighted by molar-refractivity contribution is 6.19. The summed E-state index contributed by atoms with van der Waals surface area (Å²) in [5, 5.41) is 0. The molecule has 3 heteroatoms. The van der Waals surface area contributed by atoms with Crippen LogP contribution in [-0.2, 0) is 0 Å². The van der Waals surface area contributed by atoms with Crippen LogP contribution in [0, 0.1) is 46.3 Å². The van der Waals surface area contributed by atoms with Gasteiger partial charge in [0.15, 0.2) is 5.56 Å². The summed E-state index contributed by atoms with van der Waals surface area (Å²) in [5.41, 5.74) is 0.915. The van der Waals surface area contributed by atoms with Crippen molar-refractivity contribution in [1.29, 1.82) is 0 Å². The van der Waals surface area contributed by atoms with Gasteiger partial charge in [-0.3, -0.25) is 0 Å². The van der Waals surface area contributed by atoms with Crippen molar-refractivity contribution in [2.75, 3.05) is 0 Å². The molecule has 32 heavy (non-hydrogen) atoms. The van der Waals surface area contributed by atoms with E-state index in [4.69, 9.17) is 16.3 Å². The summed E-state index contributed by atoms with van der Waals surface area (Å²) in [5.74, 6) is 6.20. The van der Waals surface area contributed by atoms with Crippen molar-refractivity contribution in [2.45, 2.75) is 103 Å². The lowest BCUT2D eigenvalue weighted by molar-refractivity contribution is -0.114. The van der Waals surface area contributed by atoms with E-state index in [-0.39, 0.29) is 5.56 Å². The van der Waals surface area contributed by atoms with E-state index in [2.05, 4.69) is 25.8 Å². The topological polar surface area (TPSA) is 22.1 Å². The minimum Gasteiger partial charge on any atom is -0.458 e. The molecule has 0 aromatic carbocycles. The zero-order valence-corrected chi connectivity index (χ0v) is 21.3. The average molecular weight is 458 g/mol. The molecule has 1 aromatic rings. The Hall–Kier alpha value is -0.760. The molecule has 1 aromatic heterocycles. The minimum atomic E-state index is -0.283. The van der Waals surface area contributed by atoms with E-state index in [9.17, 15) is 0 Å². The highest BCUT2D eigenvalue weighted by Gasteiger charge is 2.60. The van der Waals surface area contributed by atoms with Crippen LogP contribution in [-0.4, -0.2) is 10.5 Å². The Balaban J connectivity index is 1.22. The summed E-state index contributed by atoms with van der Waals surface area (Å²) in [7, 11) is 0. The molecule has 0 amide bonds. The molecule has 0 radical (unpaired) electrons. The van der Waals surface area contributed by atoms with Crippen LogP contribution in [0.5, 0.6) is 5.88 Å². The lowest BCUT2D eigenvalue weighted by Gasteiger charge is -2.61. The molecule has 5 rings (SSSR count). The SMILES string of the molecule is C[C@H](CCC(Cl)Oc1ccccn1)[C@H]1CC[C@H]2[C@@H]3CCC4CCCC[C@]4(C)[C@H]3CC[C@]12C. The van der Waals surface area contributed by atoms with E-state index >= 15 is 0 Å². The second-order valence-corrected chi connectivity index (χ2v) is 12.9. The Morgan fingerprint density at radius 2 is 1.81 bits per heavy atom. The summed E-state index contributed by atoms with van der Waals surface area (Å²) in [6.45, 7) is 7.88. The van der Waals surface area contributed by atoms with Crippen LogP contribution < -0.4 is 4.74 Å². The average Bonchev–Trinajstić information content (AvgIpc) is 3.15. The molecule has 4 fully saturated rings. The molecule has 178 valence electrons. The fourth-order valence-corrected chi connectivity index (χ4v) is 9.69. The third-order valence-corrected chi connectivity index (χ3v) is 11.4. The van der Waals surface area contributed by atoms with E-state index in [0.717, 1.165) is 48.3 Å². The van der Waals surface area contributed by atoms with E-state index < -0.39 is 0 Å². The number of hydrogen-bond donors (Lipinski definition) is 0. The van der Waals surface area contributed by atoms with Gasteiger partial charge in [-0.15, -0.1) is 0 Å². The Morgan fingerprint density at radius 1 is 0.969 bits per heavy atom. The van der Waals surface area contributed by atoms with Gasteiger partial charge < -0.3 is 4.74 Å². The normalized spacial score (nSPS) is 42.9. The molecule has 4 aliphatic rings. The molecular formula is C29H44ClNO. The van der Waals surface area contributed by atoms with Crippen LogP contribution in [0.2, 0.25) is 0 Å². The lowest BCUT2D eigenvalue weighted by Crippen LogP contribution is -2.53. The van der Waals surface area contributed by atoms with Gasteiger partial charge in [0, 0.05) is 12.3 Å². The van der Waals surface area contributed by atoms with E-state index in [1.54, 1.807) is 6.20 Å². The molecule has 0 spiro atoms. The first-order valence-corrected chi connectivity index (χ1v) is 14.1. The molecule has 0 aliphatic heterocycles. The van der Waals surface area contributed by atoms with Crippen LogP contribution in [0.4, 0.5) is 0 Å².